The molecule has 1 atom stereocenters. The Labute approximate surface area is 118 Å². The number of nitrogens with one attached hydrogen (secondary N) is 1. The standard InChI is InChI=1S/C13H18FNO4S/c1-10(13(16)15-7-8-19-2)20(17,18)9-11-3-5-12(14)6-4-11/h3-6,10H,7-9H2,1-2H3,(H,15,16). The second-order valence-electron chi connectivity index (χ2n) is 4.36. The van der Waals surface area contributed by atoms with Crippen molar-refractivity contribution >= 4 is 15.7 Å². The van der Waals surface area contributed by atoms with Crippen molar-refractivity contribution in [1.82, 2.24) is 5.32 Å². The third-order valence-electron chi connectivity index (χ3n) is 2.79. The van der Waals surface area contributed by atoms with E-state index in [-0.39, 0.29) is 12.3 Å². The van der Waals surface area contributed by atoms with E-state index in [1.54, 1.807) is 0 Å². The first-order chi connectivity index (χ1) is 9.36. The largest absolute Gasteiger partial charge is 0.383 e. The SMILES string of the molecule is COCCNC(=O)C(C)S(=O)(=O)Cc1ccc(F)cc1. The summed E-state index contributed by atoms with van der Waals surface area (Å²) in [6, 6.07) is 5.16. The maximum absolute atomic E-state index is 12.8. The van der Waals surface area contributed by atoms with Gasteiger partial charge in [0.2, 0.25) is 5.91 Å². The van der Waals surface area contributed by atoms with Gasteiger partial charge in [0.05, 0.1) is 12.4 Å². The van der Waals surface area contributed by atoms with Crippen molar-refractivity contribution in [1.29, 1.82) is 0 Å². The van der Waals surface area contributed by atoms with Crippen LogP contribution >= 0.6 is 0 Å². The lowest BCUT2D eigenvalue weighted by atomic mass is 10.2. The van der Waals surface area contributed by atoms with E-state index < -0.39 is 26.8 Å². The van der Waals surface area contributed by atoms with Gasteiger partial charge in [-0.3, -0.25) is 4.79 Å². The van der Waals surface area contributed by atoms with Crippen LogP contribution in [-0.4, -0.2) is 39.8 Å². The van der Waals surface area contributed by atoms with Gasteiger partial charge in [0.15, 0.2) is 9.84 Å². The Kier molecular flexibility index (Phi) is 6.09. The topological polar surface area (TPSA) is 72.5 Å². The van der Waals surface area contributed by atoms with Gasteiger partial charge >= 0.3 is 0 Å². The summed E-state index contributed by atoms with van der Waals surface area (Å²) in [5.41, 5.74) is 0.447. The van der Waals surface area contributed by atoms with E-state index in [1.807, 2.05) is 0 Å². The van der Waals surface area contributed by atoms with Crippen LogP contribution in [0.5, 0.6) is 0 Å². The molecule has 0 spiro atoms. The van der Waals surface area contributed by atoms with Gasteiger partial charge < -0.3 is 10.1 Å². The highest BCUT2D eigenvalue weighted by atomic mass is 32.2. The third-order valence-corrected chi connectivity index (χ3v) is 4.82. The van der Waals surface area contributed by atoms with E-state index in [2.05, 4.69) is 5.32 Å². The number of sulfone groups is 1. The second-order valence-corrected chi connectivity index (χ2v) is 6.68. The van der Waals surface area contributed by atoms with Crippen LogP contribution in [0.2, 0.25) is 0 Å². The van der Waals surface area contributed by atoms with E-state index in [9.17, 15) is 17.6 Å². The van der Waals surface area contributed by atoms with E-state index in [1.165, 1.54) is 38.3 Å². The van der Waals surface area contributed by atoms with E-state index >= 15 is 0 Å². The Balaban J connectivity index is 2.67. The van der Waals surface area contributed by atoms with Crippen molar-refractivity contribution < 1.29 is 22.3 Å². The van der Waals surface area contributed by atoms with Gasteiger partial charge in [0.1, 0.15) is 11.1 Å². The number of hydrogen-bond donors (Lipinski definition) is 1. The molecule has 0 heterocycles. The van der Waals surface area contributed by atoms with Crippen LogP contribution < -0.4 is 5.32 Å². The van der Waals surface area contributed by atoms with Crippen LogP contribution in [-0.2, 0) is 25.1 Å². The first-order valence-electron chi connectivity index (χ1n) is 6.09. The molecule has 0 aliphatic rings. The number of carbonyl (C=O) groups excluding carboxylic acids is 1. The van der Waals surface area contributed by atoms with E-state index in [0.717, 1.165) is 0 Å². The van der Waals surface area contributed by atoms with Gasteiger partial charge in [-0.2, -0.15) is 0 Å². The first kappa shape index (κ1) is 16.6. The van der Waals surface area contributed by atoms with Crippen LogP contribution in [0.4, 0.5) is 4.39 Å². The summed E-state index contributed by atoms with van der Waals surface area (Å²) in [5, 5.41) is 1.32. The molecule has 1 unspecified atom stereocenters. The summed E-state index contributed by atoms with van der Waals surface area (Å²) in [6.07, 6.45) is 0. The molecule has 5 nitrogen and oxygen atoms in total. The van der Waals surface area contributed by atoms with Crippen molar-refractivity contribution in [3.63, 3.8) is 0 Å². The maximum Gasteiger partial charge on any atom is 0.238 e. The average molecular weight is 303 g/mol. The molecule has 0 aromatic heterocycles. The highest BCUT2D eigenvalue weighted by molar-refractivity contribution is 7.92. The number of benzene rings is 1. The molecule has 0 saturated carbocycles. The van der Waals surface area contributed by atoms with Crippen molar-refractivity contribution in [2.75, 3.05) is 20.3 Å². The van der Waals surface area contributed by atoms with Crippen LogP contribution in [0.3, 0.4) is 0 Å². The molecule has 0 radical (unpaired) electrons. The summed E-state index contributed by atoms with van der Waals surface area (Å²) in [5.74, 6) is -1.30. The fourth-order valence-corrected chi connectivity index (χ4v) is 2.84. The molecule has 112 valence electrons. The van der Waals surface area contributed by atoms with Crippen molar-refractivity contribution in [3.8, 4) is 0 Å². The minimum absolute atomic E-state index is 0.256. The zero-order valence-corrected chi connectivity index (χ0v) is 12.2. The van der Waals surface area contributed by atoms with E-state index in [0.29, 0.717) is 12.2 Å². The maximum atomic E-state index is 12.8. The lowest BCUT2D eigenvalue weighted by molar-refractivity contribution is -0.120. The molecule has 7 heteroatoms. The summed E-state index contributed by atoms with van der Waals surface area (Å²) < 4.78 is 41.7. The first-order valence-corrected chi connectivity index (χ1v) is 7.81. The zero-order valence-electron chi connectivity index (χ0n) is 11.4. The predicted octanol–water partition coefficient (Wildman–Crippen LogP) is 0.892. The number of hydrogen-bond acceptors (Lipinski definition) is 4. The van der Waals surface area contributed by atoms with Crippen LogP contribution in [0.25, 0.3) is 0 Å². The Hall–Kier alpha value is -1.47. The molecule has 1 amide bonds. The zero-order chi connectivity index (χ0) is 15.2. The second kappa shape index (κ2) is 7.35. The quantitative estimate of drug-likeness (QED) is 0.759. The minimum Gasteiger partial charge on any atom is -0.383 e. The Bertz CT molecular complexity index is 542. The smallest absolute Gasteiger partial charge is 0.238 e. The number of rotatable bonds is 7. The van der Waals surface area contributed by atoms with Gasteiger partial charge in [0, 0.05) is 13.7 Å². The lowest BCUT2D eigenvalue weighted by Crippen LogP contribution is -2.39. The fraction of sp³-hybridized carbons (Fsp3) is 0.462. The fourth-order valence-electron chi connectivity index (χ4n) is 1.52. The Morgan fingerprint density at radius 2 is 1.95 bits per heavy atom. The van der Waals surface area contributed by atoms with Crippen molar-refractivity contribution in [2.45, 2.75) is 17.9 Å². The molecule has 1 rings (SSSR count). The summed E-state index contributed by atoms with van der Waals surface area (Å²) in [7, 11) is -2.15. The van der Waals surface area contributed by atoms with Gasteiger partial charge in [-0.15, -0.1) is 0 Å². The molecule has 0 fully saturated rings. The number of methoxy groups -OCH3 is 1. The lowest BCUT2D eigenvalue weighted by Gasteiger charge is -2.13. The van der Waals surface area contributed by atoms with Gasteiger partial charge in [0.25, 0.3) is 0 Å². The van der Waals surface area contributed by atoms with Gasteiger partial charge in [-0.05, 0) is 24.6 Å². The monoisotopic (exact) mass is 303 g/mol. The molecular formula is C13H18FNO4S. The molecule has 0 aliphatic heterocycles. The Morgan fingerprint density at radius 1 is 1.35 bits per heavy atom. The predicted molar refractivity (Wildman–Crippen MR) is 73.4 cm³/mol. The molecular weight excluding hydrogens is 285 g/mol. The Morgan fingerprint density at radius 3 is 2.50 bits per heavy atom. The van der Waals surface area contributed by atoms with Crippen LogP contribution in [0, 0.1) is 5.82 Å². The molecule has 1 aromatic carbocycles. The van der Waals surface area contributed by atoms with Crippen LogP contribution in [0.15, 0.2) is 24.3 Å². The highest BCUT2D eigenvalue weighted by Crippen LogP contribution is 2.12. The normalized spacial score (nSPS) is 12.9. The molecule has 0 aliphatic carbocycles. The summed E-state index contributed by atoms with van der Waals surface area (Å²) in [6.45, 7) is 1.91. The van der Waals surface area contributed by atoms with Gasteiger partial charge in [-0.25, -0.2) is 12.8 Å². The average Bonchev–Trinajstić information content (AvgIpc) is 2.40. The van der Waals surface area contributed by atoms with Crippen LogP contribution in [0.1, 0.15) is 12.5 Å². The number of carbonyl (C=O) groups is 1. The minimum atomic E-state index is -3.64. The molecule has 1 N–H and O–H groups in total. The highest BCUT2D eigenvalue weighted by Gasteiger charge is 2.27. The van der Waals surface area contributed by atoms with Crippen molar-refractivity contribution in [3.05, 3.63) is 35.6 Å². The summed E-state index contributed by atoms with van der Waals surface area (Å²) in [4.78, 5) is 11.7. The van der Waals surface area contributed by atoms with E-state index in [4.69, 9.17) is 4.74 Å². The molecule has 0 saturated heterocycles. The summed E-state index contributed by atoms with van der Waals surface area (Å²) >= 11 is 0. The number of amides is 1. The van der Waals surface area contributed by atoms with Crippen molar-refractivity contribution in [2.24, 2.45) is 0 Å². The molecule has 0 bridgehead atoms. The molecule has 20 heavy (non-hydrogen) atoms. The number of halogens is 1. The third kappa shape index (κ3) is 4.90. The number of ether oxygens (including phenoxy) is 1. The van der Waals surface area contributed by atoms with Gasteiger partial charge in [-0.1, -0.05) is 12.1 Å². The molecule has 1 aromatic rings.